The predicted octanol–water partition coefficient (Wildman–Crippen LogP) is 4.40. The number of hydrogen-bond acceptors (Lipinski definition) is 3. The van der Waals surface area contributed by atoms with E-state index in [0.717, 1.165) is 14.9 Å². The fourth-order valence-electron chi connectivity index (χ4n) is 2.61. The Kier molecular flexibility index (Phi) is 8.38. The zero-order chi connectivity index (χ0) is 19.8. The van der Waals surface area contributed by atoms with E-state index in [1.54, 1.807) is 30.6 Å². The molecule has 0 aliphatic rings. The number of hydrogen-bond donors (Lipinski definition) is 1. The fraction of sp³-hybridized carbons (Fsp3) is 0.333. The Hall–Kier alpha value is -1.79. The van der Waals surface area contributed by atoms with Gasteiger partial charge in [0.25, 0.3) is 0 Å². The number of likely N-dealkylation sites (N-methyl/N-ethyl adjacent to an activating group) is 1. The van der Waals surface area contributed by atoms with E-state index in [2.05, 4.69) is 52.4 Å². The maximum atomic E-state index is 12.8. The normalized spacial score (nSPS) is 11.7. The van der Waals surface area contributed by atoms with Crippen molar-refractivity contribution in [3.8, 4) is 0 Å². The second-order valence-electron chi connectivity index (χ2n) is 6.35. The minimum atomic E-state index is -0.518. The minimum absolute atomic E-state index is 0.0198. The summed E-state index contributed by atoms with van der Waals surface area (Å²) in [6.45, 7) is 4.23. The van der Waals surface area contributed by atoms with E-state index < -0.39 is 6.04 Å². The van der Waals surface area contributed by atoms with E-state index in [1.807, 2.05) is 24.3 Å². The van der Waals surface area contributed by atoms with Crippen molar-refractivity contribution in [2.75, 3.05) is 12.8 Å². The van der Waals surface area contributed by atoms with Crippen molar-refractivity contribution in [3.63, 3.8) is 0 Å². The maximum Gasteiger partial charge on any atom is 0.242 e. The van der Waals surface area contributed by atoms with Gasteiger partial charge in [0, 0.05) is 35.1 Å². The van der Waals surface area contributed by atoms with Gasteiger partial charge in [0.2, 0.25) is 11.8 Å². The average molecular weight is 449 g/mol. The Bertz CT molecular complexity index is 763. The van der Waals surface area contributed by atoms with Crippen LogP contribution in [0.2, 0.25) is 0 Å². The lowest BCUT2D eigenvalue weighted by Gasteiger charge is -2.28. The molecular weight excluding hydrogens is 424 g/mol. The SMILES string of the molecule is CNC(=O)[C@@H](C)N(Cc1ccc(Br)cc1)C(=O)CCSc1ccc(C)cc1. The van der Waals surface area contributed by atoms with Gasteiger partial charge in [-0.15, -0.1) is 11.8 Å². The number of halogens is 1. The van der Waals surface area contributed by atoms with Crippen LogP contribution < -0.4 is 5.32 Å². The monoisotopic (exact) mass is 448 g/mol. The van der Waals surface area contributed by atoms with Gasteiger partial charge in [0.05, 0.1) is 0 Å². The average Bonchev–Trinajstić information content (AvgIpc) is 2.67. The molecule has 0 aliphatic heterocycles. The number of aryl methyl sites for hydroxylation is 1. The van der Waals surface area contributed by atoms with Gasteiger partial charge in [-0.25, -0.2) is 0 Å². The van der Waals surface area contributed by atoms with Crippen LogP contribution in [0.3, 0.4) is 0 Å². The molecule has 0 heterocycles. The molecule has 0 fully saturated rings. The molecule has 2 rings (SSSR count). The first-order chi connectivity index (χ1) is 12.9. The fourth-order valence-corrected chi connectivity index (χ4v) is 3.72. The Morgan fingerprint density at radius 1 is 1.11 bits per heavy atom. The van der Waals surface area contributed by atoms with Crippen LogP contribution in [0.1, 0.15) is 24.5 Å². The summed E-state index contributed by atoms with van der Waals surface area (Å²) in [5.41, 5.74) is 2.21. The molecule has 0 spiro atoms. The Morgan fingerprint density at radius 2 is 1.74 bits per heavy atom. The highest BCUT2D eigenvalue weighted by Crippen LogP contribution is 2.20. The summed E-state index contributed by atoms with van der Waals surface area (Å²) < 4.78 is 0.984. The molecule has 2 aromatic carbocycles. The lowest BCUT2D eigenvalue weighted by Crippen LogP contribution is -2.46. The summed E-state index contributed by atoms with van der Waals surface area (Å²) in [5, 5.41) is 2.64. The number of nitrogens with zero attached hydrogens (tertiary/aromatic N) is 1. The molecule has 1 N–H and O–H groups in total. The van der Waals surface area contributed by atoms with Crippen molar-refractivity contribution in [2.24, 2.45) is 0 Å². The van der Waals surface area contributed by atoms with Crippen LogP contribution >= 0.6 is 27.7 Å². The zero-order valence-electron chi connectivity index (χ0n) is 15.9. The Balaban J connectivity index is 2.02. The van der Waals surface area contributed by atoms with Gasteiger partial charge in [-0.2, -0.15) is 0 Å². The predicted molar refractivity (Wildman–Crippen MR) is 115 cm³/mol. The lowest BCUT2D eigenvalue weighted by atomic mass is 10.1. The molecule has 2 amide bonds. The molecule has 144 valence electrons. The van der Waals surface area contributed by atoms with Gasteiger partial charge in [0.1, 0.15) is 6.04 Å². The summed E-state index contributed by atoms with van der Waals surface area (Å²) in [5.74, 6) is 0.499. The molecule has 0 bridgehead atoms. The van der Waals surface area contributed by atoms with Crippen molar-refractivity contribution in [1.29, 1.82) is 0 Å². The second-order valence-corrected chi connectivity index (χ2v) is 8.43. The molecule has 0 aromatic heterocycles. The summed E-state index contributed by atoms with van der Waals surface area (Å²) in [6, 6.07) is 15.6. The largest absolute Gasteiger partial charge is 0.357 e. The first-order valence-electron chi connectivity index (χ1n) is 8.85. The molecule has 4 nitrogen and oxygen atoms in total. The van der Waals surface area contributed by atoms with Crippen molar-refractivity contribution in [2.45, 2.75) is 37.8 Å². The van der Waals surface area contributed by atoms with Gasteiger partial charge < -0.3 is 10.2 Å². The smallest absolute Gasteiger partial charge is 0.242 e. The van der Waals surface area contributed by atoms with Crippen LogP contribution in [-0.4, -0.2) is 35.6 Å². The van der Waals surface area contributed by atoms with Crippen LogP contribution in [0.5, 0.6) is 0 Å². The van der Waals surface area contributed by atoms with E-state index in [9.17, 15) is 9.59 Å². The highest BCUT2D eigenvalue weighted by atomic mass is 79.9. The molecule has 27 heavy (non-hydrogen) atoms. The quantitative estimate of drug-likeness (QED) is 0.608. The van der Waals surface area contributed by atoms with Crippen LogP contribution in [0, 0.1) is 6.92 Å². The first kappa shape index (κ1) is 21.5. The summed E-state index contributed by atoms with van der Waals surface area (Å²) in [7, 11) is 1.59. The molecular formula is C21H25BrN2O2S. The van der Waals surface area contributed by atoms with Gasteiger partial charge in [-0.3, -0.25) is 9.59 Å². The minimum Gasteiger partial charge on any atom is -0.357 e. The second kappa shape index (κ2) is 10.5. The standard InChI is InChI=1S/C21H25BrN2O2S/c1-15-4-10-19(11-5-15)27-13-12-20(25)24(16(2)21(26)23-3)14-17-6-8-18(22)9-7-17/h4-11,16H,12-14H2,1-3H3,(H,23,26)/t16-/m1/s1. The summed E-state index contributed by atoms with van der Waals surface area (Å²) in [6.07, 6.45) is 0.385. The number of carbonyl (C=O) groups is 2. The molecule has 6 heteroatoms. The third-order valence-electron chi connectivity index (χ3n) is 4.29. The topological polar surface area (TPSA) is 49.4 Å². The molecule has 1 atom stereocenters. The Morgan fingerprint density at radius 3 is 2.33 bits per heavy atom. The molecule has 0 saturated heterocycles. The number of benzene rings is 2. The van der Waals surface area contributed by atoms with Crippen LogP contribution in [0.25, 0.3) is 0 Å². The van der Waals surface area contributed by atoms with E-state index in [4.69, 9.17) is 0 Å². The third kappa shape index (κ3) is 6.70. The first-order valence-corrected chi connectivity index (χ1v) is 10.6. The summed E-state index contributed by atoms with van der Waals surface area (Å²) >= 11 is 5.07. The number of carbonyl (C=O) groups excluding carboxylic acids is 2. The van der Waals surface area contributed by atoms with E-state index in [1.165, 1.54) is 5.56 Å². The maximum absolute atomic E-state index is 12.8. The van der Waals surface area contributed by atoms with Crippen molar-refractivity contribution in [1.82, 2.24) is 10.2 Å². The van der Waals surface area contributed by atoms with Gasteiger partial charge in [-0.1, -0.05) is 45.8 Å². The van der Waals surface area contributed by atoms with Crippen LogP contribution in [0.4, 0.5) is 0 Å². The van der Waals surface area contributed by atoms with Crippen molar-refractivity contribution >= 4 is 39.5 Å². The van der Waals surface area contributed by atoms with Gasteiger partial charge in [-0.05, 0) is 43.7 Å². The number of amides is 2. The van der Waals surface area contributed by atoms with Crippen molar-refractivity contribution < 1.29 is 9.59 Å². The van der Waals surface area contributed by atoms with E-state index >= 15 is 0 Å². The van der Waals surface area contributed by atoms with E-state index in [0.29, 0.717) is 18.7 Å². The number of thioether (sulfide) groups is 1. The third-order valence-corrected chi connectivity index (χ3v) is 5.83. The van der Waals surface area contributed by atoms with Gasteiger partial charge in [0.15, 0.2) is 0 Å². The molecule has 0 saturated carbocycles. The molecule has 0 aliphatic carbocycles. The van der Waals surface area contributed by atoms with Crippen LogP contribution in [-0.2, 0) is 16.1 Å². The van der Waals surface area contributed by atoms with E-state index in [-0.39, 0.29) is 11.8 Å². The Labute approximate surface area is 173 Å². The number of rotatable bonds is 8. The molecule has 0 unspecified atom stereocenters. The van der Waals surface area contributed by atoms with Crippen LogP contribution in [0.15, 0.2) is 57.9 Å². The molecule has 2 aromatic rings. The molecule has 0 radical (unpaired) electrons. The van der Waals surface area contributed by atoms with Gasteiger partial charge >= 0.3 is 0 Å². The summed E-state index contributed by atoms with van der Waals surface area (Å²) in [4.78, 5) is 27.8. The lowest BCUT2D eigenvalue weighted by molar-refractivity contribution is -0.140. The number of nitrogens with one attached hydrogen (secondary N) is 1. The zero-order valence-corrected chi connectivity index (χ0v) is 18.3. The van der Waals surface area contributed by atoms with Crippen molar-refractivity contribution in [3.05, 3.63) is 64.1 Å². The highest BCUT2D eigenvalue weighted by molar-refractivity contribution is 9.10. The highest BCUT2D eigenvalue weighted by Gasteiger charge is 2.25.